The fourth-order valence-corrected chi connectivity index (χ4v) is 4.22. The Hall–Kier alpha value is -0.610. The number of hydrogen-bond donors (Lipinski definition) is 2. The number of carbonyl (C=O) groups is 1. The van der Waals surface area contributed by atoms with Crippen molar-refractivity contribution in [2.24, 2.45) is 23.5 Å². The monoisotopic (exact) mass is 294 g/mol. The van der Waals surface area contributed by atoms with E-state index in [1.165, 1.54) is 32.1 Å². The molecular formula is C17H30N2O2. The van der Waals surface area contributed by atoms with Crippen LogP contribution in [0.5, 0.6) is 0 Å². The molecule has 3 fully saturated rings. The minimum absolute atomic E-state index is 0.0858. The molecule has 0 bridgehead atoms. The van der Waals surface area contributed by atoms with Gasteiger partial charge in [0.15, 0.2) is 0 Å². The van der Waals surface area contributed by atoms with E-state index in [2.05, 4.69) is 0 Å². The van der Waals surface area contributed by atoms with E-state index in [-0.39, 0.29) is 18.1 Å². The lowest BCUT2D eigenvalue weighted by atomic mass is 9.85. The van der Waals surface area contributed by atoms with Gasteiger partial charge in [0, 0.05) is 25.0 Å². The van der Waals surface area contributed by atoms with Gasteiger partial charge in [-0.3, -0.25) is 4.79 Å². The van der Waals surface area contributed by atoms with E-state index < -0.39 is 0 Å². The average molecular weight is 294 g/mol. The van der Waals surface area contributed by atoms with Crippen LogP contribution in [-0.2, 0) is 4.79 Å². The zero-order valence-electron chi connectivity index (χ0n) is 13.0. The van der Waals surface area contributed by atoms with Gasteiger partial charge in [0.05, 0.1) is 6.10 Å². The first-order valence-corrected chi connectivity index (χ1v) is 8.86. The number of carbonyl (C=O) groups excluding carboxylic acids is 1. The summed E-state index contributed by atoms with van der Waals surface area (Å²) in [6, 6.07) is 0.0858. The second kappa shape index (κ2) is 6.66. The number of aliphatic hydroxyl groups excluding tert-OH is 1. The van der Waals surface area contributed by atoms with E-state index in [4.69, 9.17) is 5.73 Å². The number of likely N-dealkylation sites (tertiary alicyclic amines) is 1. The van der Waals surface area contributed by atoms with E-state index in [1.54, 1.807) is 0 Å². The lowest BCUT2D eigenvalue weighted by molar-refractivity contribution is -0.139. The van der Waals surface area contributed by atoms with Gasteiger partial charge in [-0.05, 0) is 50.4 Å². The number of amides is 1. The second-order valence-electron chi connectivity index (χ2n) is 7.58. The Bertz CT molecular complexity index is 364. The molecule has 3 atom stereocenters. The first kappa shape index (κ1) is 15.3. The lowest BCUT2D eigenvalue weighted by Crippen LogP contribution is -2.51. The highest BCUT2D eigenvalue weighted by atomic mass is 16.3. The molecule has 3 rings (SSSR count). The standard InChI is InChI=1S/C17H30N2O2/c18-15-8-12(9-16(20)13-6-7-13)10-19(11-15)17(21)14-4-2-1-3-5-14/h12-16,20H,1-11,18H2. The number of piperidine rings is 1. The molecule has 3 unspecified atom stereocenters. The van der Waals surface area contributed by atoms with E-state index in [1.807, 2.05) is 4.90 Å². The van der Waals surface area contributed by atoms with Crippen molar-refractivity contribution in [2.75, 3.05) is 13.1 Å². The van der Waals surface area contributed by atoms with Gasteiger partial charge in [-0.2, -0.15) is 0 Å². The largest absolute Gasteiger partial charge is 0.393 e. The predicted octanol–water partition coefficient (Wildman–Crippen LogP) is 1.90. The lowest BCUT2D eigenvalue weighted by Gasteiger charge is -2.39. The fourth-order valence-electron chi connectivity index (χ4n) is 4.22. The second-order valence-corrected chi connectivity index (χ2v) is 7.58. The number of nitrogens with two attached hydrogens (primary N) is 1. The average Bonchev–Trinajstić information content (AvgIpc) is 3.31. The molecule has 0 radical (unpaired) electrons. The third kappa shape index (κ3) is 3.98. The fraction of sp³-hybridized carbons (Fsp3) is 0.941. The van der Waals surface area contributed by atoms with Crippen LogP contribution in [0.4, 0.5) is 0 Å². The highest BCUT2D eigenvalue weighted by molar-refractivity contribution is 5.79. The van der Waals surface area contributed by atoms with Gasteiger partial charge in [-0.25, -0.2) is 0 Å². The Morgan fingerprint density at radius 3 is 2.52 bits per heavy atom. The van der Waals surface area contributed by atoms with Crippen LogP contribution in [0.1, 0.15) is 57.8 Å². The summed E-state index contributed by atoms with van der Waals surface area (Å²) in [6.45, 7) is 1.53. The van der Waals surface area contributed by atoms with Gasteiger partial charge in [-0.15, -0.1) is 0 Å². The van der Waals surface area contributed by atoms with E-state index in [0.29, 0.717) is 24.3 Å². The van der Waals surface area contributed by atoms with Crippen molar-refractivity contribution in [1.29, 1.82) is 0 Å². The van der Waals surface area contributed by atoms with Crippen molar-refractivity contribution < 1.29 is 9.90 Å². The topological polar surface area (TPSA) is 66.6 Å². The van der Waals surface area contributed by atoms with E-state index in [0.717, 1.165) is 32.2 Å². The van der Waals surface area contributed by atoms with Gasteiger partial charge in [0.25, 0.3) is 0 Å². The van der Waals surface area contributed by atoms with Crippen LogP contribution in [0.15, 0.2) is 0 Å². The molecule has 0 aromatic carbocycles. The van der Waals surface area contributed by atoms with Gasteiger partial charge in [0.2, 0.25) is 5.91 Å². The Labute approximate surface area is 128 Å². The first-order chi connectivity index (χ1) is 10.1. The zero-order valence-corrected chi connectivity index (χ0v) is 13.0. The highest BCUT2D eigenvalue weighted by Gasteiger charge is 2.36. The Morgan fingerprint density at radius 2 is 1.86 bits per heavy atom. The van der Waals surface area contributed by atoms with Gasteiger partial charge in [0.1, 0.15) is 0 Å². The molecule has 1 heterocycles. The van der Waals surface area contributed by atoms with Crippen LogP contribution in [0.3, 0.4) is 0 Å². The summed E-state index contributed by atoms with van der Waals surface area (Å²) in [6.07, 6.45) is 9.73. The molecule has 2 aliphatic carbocycles. The molecule has 0 aromatic heterocycles. The molecular weight excluding hydrogens is 264 g/mol. The molecule has 1 saturated heterocycles. The molecule has 0 spiro atoms. The molecule has 4 heteroatoms. The molecule has 1 aliphatic heterocycles. The normalized spacial score (nSPS) is 33.0. The summed E-state index contributed by atoms with van der Waals surface area (Å²) >= 11 is 0. The molecule has 4 nitrogen and oxygen atoms in total. The summed E-state index contributed by atoms with van der Waals surface area (Å²) in [5.74, 6) is 1.47. The summed E-state index contributed by atoms with van der Waals surface area (Å²) < 4.78 is 0. The van der Waals surface area contributed by atoms with E-state index in [9.17, 15) is 9.90 Å². The van der Waals surface area contributed by atoms with Crippen molar-refractivity contribution in [3.05, 3.63) is 0 Å². The van der Waals surface area contributed by atoms with Crippen LogP contribution in [0.2, 0.25) is 0 Å². The maximum atomic E-state index is 12.7. The molecule has 0 aromatic rings. The van der Waals surface area contributed by atoms with Gasteiger partial charge in [-0.1, -0.05) is 19.3 Å². The summed E-state index contributed by atoms with van der Waals surface area (Å²) in [4.78, 5) is 14.7. The highest BCUT2D eigenvalue weighted by Crippen LogP contribution is 2.36. The molecule has 3 aliphatic rings. The van der Waals surface area contributed by atoms with E-state index >= 15 is 0 Å². The quantitative estimate of drug-likeness (QED) is 0.832. The van der Waals surface area contributed by atoms with Crippen LogP contribution >= 0.6 is 0 Å². The van der Waals surface area contributed by atoms with Gasteiger partial charge < -0.3 is 15.7 Å². The SMILES string of the molecule is NC1CC(CC(O)C2CC2)CN(C(=O)C2CCCCC2)C1. The maximum Gasteiger partial charge on any atom is 0.225 e. The molecule has 120 valence electrons. The third-order valence-corrected chi connectivity index (χ3v) is 5.58. The predicted molar refractivity (Wildman–Crippen MR) is 82.6 cm³/mol. The Balaban J connectivity index is 1.55. The van der Waals surface area contributed by atoms with Crippen LogP contribution in [-0.4, -0.2) is 41.1 Å². The van der Waals surface area contributed by atoms with Crippen molar-refractivity contribution in [2.45, 2.75) is 69.9 Å². The molecule has 21 heavy (non-hydrogen) atoms. The molecule has 1 amide bonds. The minimum atomic E-state index is -0.174. The number of rotatable bonds is 4. The van der Waals surface area contributed by atoms with Crippen molar-refractivity contribution in [3.63, 3.8) is 0 Å². The third-order valence-electron chi connectivity index (χ3n) is 5.58. The van der Waals surface area contributed by atoms with Crippen molar-refractivity contribution in [3.8, 4) is 0 Å². The van der Waals surface area contributed by atoms with Crippen LogP contribution in [0.25, 0.3) is 0 Å². The molecule has 3 N–H and O–H groups in total. The van der Waals surface area contributed by atoms with Gasteiger partial charge >= 0.3 is 0 Å². The first-order valence-electron chi connectivity index (χ1n) is 8.86. The summed E-state index contributed by atoms with van der Waals surface area (Å²) in [5, 5.41) is 10.2. The number of hydrogen-bond acceptors (Lipinski definition) is 3. The zero-order chi connectivity index (χ0) is 14.8. The minimum Gasteiger partial charge on any atom is -0.393 e. The number of aliphatic hydroxyl groups is 1. The van der Waals surface area contributed by atoms with Crippen molar-refractivity contribution >= 4 is 5.91 Å². The molecule has 2 saturated carbocycles. The summed E-state index contributed by atoms with van der Waals surface area (Å²) in [7, 11) is 0. The van der Waals surface area contributed by atoms with Crippen LogP contribution < -0.4 is 5.73 Å². The maximum absolute atomic E-state index is 12.7. The summed E-state index contributed by atoms with van der Waals surface area (Å²) in [5.41, 5.74) is 6.17. The van der Waals surface area contributed by atoms with Crippen LogP contribution in [0, 0.1) is 17.8 Å². The smallest absolute Gasteiger partial charge is 0.225 e. The van der Waals surface area contributed by atoms with Crippen molar-refractivity contribution in [1.82, 2.24) is 4.90 Å². The Morgan fingerprint density at radius 1 is 1.14 bits per heavy atom. The Kier molecular flexibility index (Phi) is 4.85. The number of nitrogens with zero attached hydrogens (tertiary/aromatic N) is 1.